The largest absolute Gasteiger partial charge is 0.313 e. The molecule has 1 aromatic rings. The summed E-state index contributed by atoms with van der Waals surface area (Å²) in [6.07, 6.45) is 2.54. The minimum Gasteiger partial charge on any atom is -0.313 e. The molecule has 82 valence electrons. The first-order valence-corrected chi connectivity index (χ1v) is 6.82. The quantitative estimate of drug-likeness (QED) is 0.831. The maximum Gasteiger partial charge on any atom is 0.0556 e. The van der Waals surface area contributed by atoms with Crippen molar-refractivity contribution in [2.24, 2.45) is 0 Å². The van der Waals surface area contributed by atoms with E-state index in [2.05, 4.69) is 5.32 Å². The van der Waals surface area contributed by atoms with E-state index in [0.717, 1.165) is 27.2 Å². The van der Waals surface area contributed by atoms with Crippen molar-refractivity contribution in [3.63, 3.8) is 0 Å². The van der Waals surface area contributed by atoms with Crippen molar-refractivity contribution in [2.75, 3.05) is 12.3 Å². The third kappa shape index (κ3) is 3.04. The Morgan fingerprint density at radius 3 is 2.67 bits per heavy atom. The van der Waals surface area contributed by atoms with Gasteiger partial charge in [0.25, 0.3) is 0 Å². The second-order valence-corrected chi connectivity index (χ2v) is 5.50. The number of thioether (sulfide) groups is 1. The van der Waals surface area contributed by atoms with Crippen LogP contribution in [-0.2, 0) is 0 Å². The number of nitrogens with one attached hydrogen (secondary N) is 1. The lowest BCUT2D eigenvalue weighted by molar-refractivity contribution is 0.674. The SMILES string of the molecule is Clc1cccc(Cl)c1SCC1CCCN1. The monoisotopic (exact) mass is 261 g/mol. The van der Waals surface area contributed by atoms with Gasteiger partial charge in [0, 0.05) is 16.7 Å². The molecule has 0 bridgehead atoms. The summed E-state index contributed by atoms with van der Waals surface area (Å²) in [6, 6.07) is 6.26. The van der Waals surface area contributed by atoms with Crippen LogP contribution in [0, 0.1) is 0 Å². The molecular weight excluding hydrogens is 249 g/mol. The van der Waals surface area contributed by atoms with Crippen molar-refractivity contribution >= 4 is 35.0 Å². The van der Waals surface area contributed by atoms with Crippen molar-refractivity contribution in [1.82, 2.24) is 5.32 Å². The van der Waals surface area contributed by atoms with Gasteiger partial charge in [0.05, 0.1) is 10.0 Å². The molecule has 0 amide bonds. The van der Waals surface area contributed by atoms with Crippen LogP contribution < -0.4 is 5.32 Å². The molecule has 1 aliphatic rings. The zero-order valence-corrected chi connectivity index (χ0v) is 10.6. The first-order valence-electron chi connectivity index (χ1n) is 5.07. The molecule has 15 heavy (non-hydrogen) atoms. The van der Waals surface area contributed by atoms with Crippen molar-refractivity contribution < 1.29 is 0 Å². The maximum absolute atomic E-state index is 6.09. The van der Waals surface area contributed by atoms with Crippen LogP contribution >= 0.6 is 35.0 Å². The molecule has 2 rings (SSSR count). The second kappa shape index (κ2) is 5.44. The average Bonchev–Trinajstić information content (AvgIpc) is 2.70. The van der Waals surface area contributed by atoms with Gasteiger partial charge in [-0.1, -0.05) is 29.3 Å². The molecule has 1 N–H and O–H groups in total. The first-order chi connectivity index (χ1) is 7.27. The maximum atomic E-state index is 6.09. The molecule has 0 aliphatic carbocycles. The number of benzene rings is 1. The predicted octanol–water partition coefficient (Wildman–Crippen LogP) is 3.84. The third-order valence-corrected chi connectivity index (χ3v) is 4.66. The van der Waals surface area contributed by atoms with Crippen molar-refractivity contribution in [3.8, 4) is 0 Å². The van der Waals surface area contributed by atoms with Gasteiger partial charge < -0.3 is 5.32 Å². The topological polar surface area (TPSA) is 12.0 Å². The fourth-order valence-corrected chi connectivity index (χ4v) is 3.49. The average molecular weight is 262 g/mol. The van der Waals surface area contributed by atoms with Crippen LogP contribution in [0.25, 0.3) is 0 Å². The van der Waals surface area contributed by atoms with Crippen molar-refractivity contribution in [1.29, 1.82) is 0 Å². The Morgan fingerprint density at radius 1 is 1.33 bits per heavy atom. The summed E-state index contributed by atoms with van der Waals surface area (Å²) < 4.78 is 0. The number of hydrogen-bond donors (Lipinski definition) is 1. The fourth-order valence-electron chi connectivity index (χ4n) is 1.70. The van der Waals surface area contributed by atoms with Gasteiger partial charge >= 0.3 is 0 Å². The minimum absolute atomic E-state index is 0.613. The molecule has 1 atom stereocenters. The Kier molecular flexibility index (Phi) is 4.21. The van der Waals surface area contributed by atoms with Gasteiger partial charge in [-0.05, 0) is 31.5 Å². The van der Waals surface area contributed by atoms with Crippen molar-refractivity contribution in [3.05, 3.63) is 28.2 Å². The first kappa shape index (κ1) is 11.6. The highest BCUT2D eigenvalue weighted by molar-refractivity contribution is 7.99. The van der Waals surface area contributed by atoms with E-state index in [1.807, 2.05) is 18.2 Å². The van der Waals surface area contributed by atoms with Gasteiger partial charge in [-0.3, -0.25) is 0 Å². The molecule has 0 spiro atoms. The molecule has 1 heterocycles. The molecule has 0 saturated carbocycles. The number of rotatable bonds is 3. The number of halogens is 2. The lowest BCUT2D eigenvalue weighted by Gasteiger charge is -2.11. The van der Waals surface area contributed by atoms with Crippen LogP contribution in [0.3, 0.4) is 0 Å². The standard InChI is InChI=1S/C11H13Cl2NS/c12-9-4-1-5-10(13)11(9)15-7-8-3-2-6-14-8/h1,4-5,8,14H,2-3,6-7H2. The van der Waals surface area contributed by atoms with Crippen molar-refractivity contribution in [2.45, 2.75) is 23.8 Å². The molecule has 4 heteroatoms. The highest BCUT2D eigenvalue weighted by Gasteiger charge is 2.15. The van der Waals surface area contributed by atoms with Gasteiger partial charge in [-0.25, -0.2) is 0 Å². The molecule has 1 saturated heterocycles. The van der Waals surface area contributed by atoms with Crippen LogP contribution in [0.1, 0.15) is 12.8 Å². The molecule has 1 nitrogen and oxygen atoms in total. The Morgan fingerprint density at radius 2 is 2.07 bits per heavy atom. The number of hydrogen-bond acceptors (Lipinski definition) is 2. The molecule has 1 unspecified atom stereocenters. The zero-order chi connectivity index (χ0) is 10.7. The molecule has 0 radical (unpaired) electrons. The van der Waals surface area contributed by atoms with E-state index in [0.29, 0.717) is 6.04 Å². The highest BCUT2D eigenvalue weighted by atomic mass is 35.5. The minimum atomic E-state index is 0.613. The molecule has 1 aliphatic heterocycles. The molecular formula is C11H13Cl2NS. The third-order valence-electron chi connectivity index (χ3n) is 2.51. The summed E-state index contributed by atoms with van der Waals surface area (Å²) >= 11 is 13.9. The summed E-state index contributed by atoms with van der Waals surface area (Å²) in [5.74, 6) is 1.05. The summed E-state index contributed by atoms with van der Waals surface area (Å²) in [6.45, 7) is 1.14. The zero-order valence-electron chi connectivity index (χ0n) is 8.30. The Labute approximate surface area is 105 Å². The Hall–Kier alpha value is 0.110. The lowest BCUT2D eigenvalue weighted by atomic mass is 10.3. The normalized spacial score (nSPS) is 20.8. The smallest absolute Gasteiger partial charge is 0.0556 e. The van der Waals surface area contributed by atoms with E-state index in [4.69, 9.17) is 23.2 Å². The molecule has 0 aromatic heterocycles. The van der Waals surface area contributed by atoms with E-state index >= 15 is 0 Å². The highest BCUT2D eigenvalue weighted by Crippen LogP contribution is 2.34. The van der Waals surface area contributed by atoms with Crippen LogP contribution in [0.5, 0.6) is 0 Å². The predicted molar refractivity (Wildman–Crippen MR) is 68.2 cm³/mol. The van der Waals surface area contributed by atoms with Crippen LogP contribution in [0.2, 0.25) is 10.0 Å². The van der Waals surface area contributed by atoms with Gasteiger partial charge in [0.1, 0.15) is 0 Å². The van der Waals surface area contributed by atoms with Gasteiger partial charge in [0.15, 0.2) is 0 Å². The Bertz CT molecular complexity index is 317. The lowest BCUT2D eigenvalue weighted by Crippen LogP contribution is -2.23. The van der Waals surface area contributed by atoms with Gasteiger partial charge in [-0.2, -0.15) is 0 Å². The van der Waals surface area contributed by atoms with Crippen LogP contribution in [0.4, 0.5) is 0 Å². The Balaban J connectivity index is 1.97. The van der Waals surface area contributed by atoms with E-state index in [9.17, 15) is 0 Å². The van der Waals surface area contributed by atoms with Crippen LogP contribution in [-0.4, -0.2) is 18.3 Å². The van der Waals surface area contributed by atoms with E-state index < -0.39 is 0 Å². The molecule has 1 aromatic carbocycles. The van der Waals surface area contributed by atoms with E-state index in [1.54, 1.807) is 11.8 Å². The summed E-state index contributed by atoms with van der Waals surface area (Å²) in [5, 5.41) is 4.97. The van der Waals surface area contributed by atoms with E-state index in [1.165, 1.54) is 12.8 Å². The fraction of sp³-hybridized carbons (Fsp3) is 0.455. The second-order valence-electron chi connectivity index (χ2n) is 3.66. The van der Waals surface area contributed by atoms with E-state index in [-0.39, 0.29) is 0 Å². The summed E-state index contributed by atoms with van der Waals surface area (Å²) in [5.41, 5.74) is 0. The van der Waals surface area contributed by atoms with Crippen LogP contribution in [0.15, 0.2) is 23.1 Å². The van der Waals surface area contributed by atoms with Gasteiger partial charge in [0.2, 0.25) is 0 Å². The summed E-state index contributed by atoms with van der Waals surface area (Å²) in [4.78, 5) is 1.01. The van der Waals surface area contributed by atoms with Gasteiger partial charge in [-0.15, -0.1) is 11.8 Å². The summed E-state index contributed by atoms with van der Waals surface area (Å²) in [7, 11) is 0. The molecule has 1 fully saturated rings.